The van der Waals surface area contributed by atoms with E-state index in [2.05, 4.69) is 151 Å². The first-order chi connectivity index (χ1) is 21.7. The molecule has 0 N–H and O–H groups in total. The Morgan fingerprint density at radius 3 is 1.96 bits per heavy atom. The second-order valence-corrected chi connectivity index (χ2v) is 15.5. The molecule has 5 aromatic rings. The van der Waals surface area contributed by atoms with Crippen molar-refractivity contribution in [3.8, 4) is 11.3 Å². The summed E-state index contributed by atoms with van der Waals surface area (Å²) in [5.74, 6) is 0.814. The molecule has 0 bridgehead atoms. The standard InChI is InChI=1S/C39H41N3.2ClH.Zr/c1-26(2)32-19-13-20-33(27(3)4)39(32)40-25-31-16-12-21-36(41-31)34-17-10-11-18-35(34)38(30-14-8-7-9-15-30)42-37-24-28(5)22-23-29(37)6;;;/h7-24,26-27,38H,25H2,1-6H3;2*1H;/q-2;;;+2/p-2. The molecule has 4 aromatic carbocycles. The van der Waals surface area contributed by atoms with Crippen molar-refractivity contribution in [2.45, 2.75) is 66.0 Å². The number of aromatic nitrogens is 1. The molecular formula is C39H41Cl2N3Zr-2. The van der Waals surface area contributed by atoms with Crippen molar-refractivity contribution in [2.75, 3.05) is 0 Å². The first kappa shape index (κ1) is 35.0. The fourth-order valence-corrected chi connectivity index (χ4v) is 5.50. The van der Waals surface area contributed by atoms with Gasteiger partial charge in [0.15, 0.2) is 0 Å². The Labute approximate surface area is 288 Å². The van der Waals surface area contributed by atoms with Crippen LogP contribution in [0.3, 0.4) is 0 Å². The van der Waals surface area contributed by atoms with Crippen LogP contribution in [0.15, 0.2) is 109 Å². The van der Waals surface area contributed by atoms with Crippen LogP contribution in [-0.4, -0.2) is 4.98 Å². The van der Waals surface area contributed by atoms with Gasteiger partial charge >= 0.3 is 37.9 Å². The Morgan fingerprint density at radius 1 is 0.689 bits per heavy atom. The van der Waals surface area contributed by atoms with E-state index < -0.39 is 20.8 Å². The van der Waals surface area contributed by atoms with E-state index in [1.165, 1.54) is 22.3 Å². The summed E-state index contributed by atoms with van der Waals surface area (Å²) in [5.41, 5.74) is 12.4. The fraction of sp³-hybridized carbons (Fsp3) is 0.256. The first-order valence-corrected chi connectivity index (χ1v) is 21.7. The Hall–Kier alpha value is -2.91. The summed E-state index contributed by atoms with van der Waals surface area (Å²) < 4.78 is 0. The summed E-state index contributed by atoms with van der Waals surface area (Å²) in [6.45, 7) is 13.7. The van der Waals surface area contributed by atoms with Gasteiger partial charge in [-0.1, -0.05) is 165 Å². The minimum atomic E-state index is -0.826. The topological polar surface area (TPSA) is 41.1 Å². The van der Waals surface area contributed by atoms with Crippen LogP contribution in [0.4, 0.5) is 11.4 Å². The van der Waals surface area contributed by atoms with Gasteiger partial charge in [-0.3, -0.25) is 4.98 Å². The van der Waals surface area contributed by atoms with E-state index in [0.717, 1.165) is 39.5 Å². The zero-order chi connectivity index (χ0) is 32.3. The maximum atomic E-state index is 5.35. The van der Waals surface area contributed by atoms with Crippen LogP contribution in [0.1, 0.15) is 84.6 Å². The molecule has 0 saturated heterocycles. The summed E-state index contributed by atoms with van der Waals surface area (Å²) in [5, 5.41) is 10.5. The number of aryl methyl sites for hydroxylation is 2. The van der Waals surface area contributed by atoms with Gasteiger partial charge in [-0.2, -0.15) is 0 Å². The Balaban J connectivity index is 0.00000148. The van der Waals surface area contributed by atoms with Gasteiger partial charge in [0.1, 0.15) is 0 Å². The molecular weight excluding hydrogens is 673 g/mol. The monoisotopic (exact) mass is 711 g/mol. The van der Waals surface area contributed by atoms with Gasteiger partial charge in [0, 0.05) is 11.3 Å². The van der Waals surface area contributed by atoms with Crippen LogP contribution in [-0.2, 0) is 27.4 Å². The molecule has 232 valence electrons. The van der Waals surface area contributed by atoms with Gasteiger partial charge in [0.2, 0.25) is 0 Å². The van der Waals surface area contributed by atoms with E-state index in [1.54, 1.807) is 0 Å². The van der Waals surface area contributed by atoms with Crippen LogP contribution >= 0.6 is 17.0 Å². The molecule has 6 heteroatoms. The Kier molecular flexibility index (Phi) is 13.3. The molecule has 1 atom stereocenters. The van der Waals surface area contributed by atoms with E-state index in [9.17, 15) is 0 Å². The van der Waals surface area contributed by atoms with Gasteiger partial charge in [-0.15, -0.1) is 11.4 Å². The Morgan fingerprint density at radius 2 is 1.29 bits per heavy atom. The van der Waals surface area contributed by atoms with E-state index >= 15 is 0 Å². The molecule has 0 saturated carbocycles. The van der Waals surface area contributed by atoms with Crippen LogP contribution < -0.4 is 0 Å². The normalized spacial score (nSPS) is 11.5. The third kappa shape index (κ3) is 9.32. The average Bonchev–Trinajstić information content (AvgIpc) is 3.05. The molecule has 0 fully saturated rings. The molecule has 45 heavy (non-hydrogen) atoms. The number of rotatable bonds is 10. The number of pyridine rings is 1. The van der Waals surface area contributed by atoms with Crippen molar-refractivity contribution < 1.29 is 20.8 Å². The molecule has 0 aliphatic heterocycles. The van der Waals surface area contributed by atoms with Crippen LogP contribution in [0.5, 0.6) is 0 Å². The average molecular weight is 714 g/mol. The minimum absolute atomic E-state index is 0.162. The summed E-state index contributed by atoms with van der Waals surface area (Å²) in [6.07, 6.45) is 0. The quantitative estimate of drug-likeness (QED) is 0.142. The molecule has 0 aliphatic carbocycles. The fourth-order valence-electron chi connectivity index (χ4n) is 5.50. The van der Waals surface area contributed by atoms with Gasteiger partial charge in [0.05, 0.1) is 5.69 Å². The summed E-state index contributed by atoms with van der Waals surface area (Å²) in [7, 11) is 9.87. The number of hydrogen-bond donors (Lipinski definition) is 0. The van der Waals surface area contributed by atoms with E-state index in [1.807, 2.05) is 0 Å². The number of hydrogen-bond acceptors (Lipinski definition) is 1. The number of benzene rings is 4. The van der Waals surface area contributed by atoms with Gasteiger partial charge in [-0.25, -0.2) is 0 Å². The number of para-hydroxylation sites is 1. The molecule has 0 amide bonds. The molecule has 3 nitrogen and oxygen atoms in total. The zero-order valence-electron chi connectivity index (χ0n) is 26.9. The molecule has 0 aliphatic rings. The summed E-state index contributed by atoms with van der Waals surface area (Å²) in [6, 6.07) is 38.3. The van der Waals surface area contributed by atoms with E-state index in [0.29, 0.717) is 18.4 Å². The number of nitrogens with zero attached hydrogens (tertiary/aromatic N) is 3. The first-order valence-electron chi connectivity index (χ1n) is 15.4. The second-order valence-electron chi connectivity index (χ2n) is 11.8. The van der Waals surface area contributed by atoms with Crippen molar-refractivity contribution in [3.63, 3.8) is 0 Å². The van der Waals surface area contributed by atoms with Crippen LogP contribution in [0, 0.1) is 13.8 Å². The summed E-state index contributed by atoms with van der Waals surface area (Å²) in [4.78, 5) is 5.15. The molecule has 1 unspecified atom stereocenters. The van der Waals surface area contributed by atoms with Crippen LogP contribution in [0.2, 0.25) is 0 Å². The zero-order valence-corrected chi connectivity index (χ0v) is 30.9. The predicted octanol–water partition coefficient (Wildman–Crippen LogP) is 13.0. The van der Waals surface area contributed by atoms with Crippen LogP contribution in [0.25, 0.3) is 21.9 Å². The van der Waals surface area contributed by atoms with Crippen molar-refractivity contribution in [2.24, 2.45) is 0 Å². The van der Waals surface area contributed by atoms with E-state index in [-0.39, 0.29) is 6.04 Å². The molecule has 0 spiro atoms. The van der Waals surface area contributed by atoms with Gasteiger partial charge in [-0.05, 0) is 43.4 Å². The molecule has 1 heterocycles. The number of halogens is 2. The van der Waals surface area contributed by atoms with Gasteiger partial charge < -0.3 is 10.6 Å². The molecule has 5 rings (SSSR count). The Bertz CT molecular complexity index is 1640. The van der Waals surface area contributed by atoms with Crippen molar-refractivity contribution in [3.05, 3.63) is 159 Å². The summed E-state index contributed by atoms with van der Waals surface area (Å²) >= 11 is -0.826. The van der Waals surface area contributed by atoms with Gasteiger partial charge in [0.25, 0.3) is 0 Å². The third-order valence-corrected chi connectivity index (χ3v) is 7.83. The van der Waals surface area contributed by atoms with E-state index in [4.69, 9.17) is 32.6 Å². The van der Waals surface area contributed by atoms with Crippen molar-refractivity contribution >= 4 is 28.4 Å². The molecule has 1 aromatic heterocycles. The predicted molar refractivity (Wildman–Crippen MR) is 190 cm³/mol. The SMILES string of the molecule is Cc1ccc(C)c([N-]C(c2ccccc2)c2ccccc2-c2cccc(C[N-]c3c(C(C)C)cccc3C(C)C)n2)c1.[Cl][Zr][Cl]. The molecule has 0 radical (unpaired) electrons. The van der Waals surface area contributed by atoms with Crippen molar-refractivity contribution in [1.82, 2.24) is 4.98 Å². The van der Waals surface area contributed by atoms with Crippen molar-refractivity contribution in [1.29, 1.82) is 0 Å². The third-order valence-electron chi connectivity index (χ3n) is 7.83. The maximum absolute atomic E-state index is 5.35. The second kappa shape index (κ2) is 17.1.